The van der Waals surface area contributed by atoms with Crippen molar-refractivity contribution in [2.45, 2.75) is 31.5 Å². The standard InChI is InChI=1S/C30H25F5N4O3/c31-29(32)9-11-39(12-10-29)28(41)20-5-3-19(4-6-20)24-15-22(30(33,34)35)13-21-14-23(42-27(21)24)17-38-26(40)8-2-18-1-7-25(36)37-16-18/h1-8,13-16H,9-12,17H2,(H2,36,37)(H,38,40)/b8-2+. The summed E-state index contributed by atoms with van der Waals surface area (Å²) in [7, 11) is 0. The topological polar surface area (TPSA) is 101 Å². The number of nitrogens with one attached hydrogen (secondary N) is 1. The number of pyridine rings is 1. The van der Waals surface area contributed by atoms with Crippen molar-refractivity contribution in [3.8, 4) is 11.1 Å². The molecular formula is C30H25F5N4O3. The van der Waals surface area contributed by atoms with Gasteiger partial charge in [-0.15, -0.1) is 0 Å². The van der Waals surface area contributed by atoms with Gasteiger partial charge in [0.15, 0.2) is 0 Å². The molecule has 1 aliphatic rings. The van der Waals surface area contributed by atoms with Crippen LogP contribution >= 0.6 is 0 Å². The second-order valence-corrected chi connectivity index (χ2v) is 9.95. The number of nitrogen functional groups attached to an aromatic ring is 1. The van der Waals surface area contributed by atoms with Gasteiger partial charge in [-0.05, 0) is 59.7 Å². The molecule has 218 valence electrons. The van der Waals surface area contributed by atoms with Crippen molar-refractivity contribution in [2.75, 3.05) is 18.8 Å². The number of amides is 2. The van der Waals surface area contributed by atoms with E-state index < -0.39 is 42.3 Å². The SMILES string of the molecule is Nc1ccc(/C=C/C(=O)NCc2cc3cc(C(F)(F)F)cc(-c4ccc(C(=O)N5CCC(F)(F)CC5)cc4)c3o2)cn1. The van der Waals surface area contributed by atoms with Crippen molar-refractivity contribution in [2.24, 2.45) is 0 Å². The number of carbonyl (C=O) groups is 2. The molecule has 4 aromatic rings. The van der Waals surface area contributed by atoms with Gasteiger partial charge in [-0.25, -0.2) is 13.8 Å². The molecule has 0 atom stereocenters. The van der Waals surface area contributed by atoms with Crippen LogP contribution in [-0.2, 0) is 17.5 Å². The fourth-order valence-corrected chi connectivity index (χ4v) is 4.60. The Kier molecular flexibility index (Phi) is 7.72. The Morgan fingerprint density at radius 3 is 2.40 bits per heavy atom. The lowest BCUT2D eigenvalue weighted by Gasteiger charge is -2.31. The van der Waals surface area contributed by atoms with E-state index in [1.807, 2.05) is 0 Å². The molecule has 3 heterocycles. The third-order valence-corrected chi connectivity index (χ3v) is 6.89. The summed E-state index contributed by atoms with van der Waals surface area (Å²) >= 11 is 0. The van der Waals surface area contributed by atoms with Crippen LogP contribution in [0.4, 0.5) is 27.8 Å². The molecule has 1 saturated heterocycles. The van der Waals surface area contributed by atoms with Crippen molar-refractivity contribution in [3.05, 3.63) is 89.3 Å². The number of benzene rings is 2. The molecule has 2 aromatic carbocycles. The smallest absolute Gasteiger partial charge is 0.416 e. The molecule has 0 bridgehead atoms. The van der Waals surface area contributed by atoms with Crippen LogP contribution in [0.2, 0.25) is 0 Å². The second-order valence-electron chi connectivity index (χ2n) is 9.95. The maximum absolute atomic E-state index is 13.7. The van der Waals surface area contributed by atoms with Crippen LogP contribution in [-0.4, -0.2) is 40.7 Å². The third-order valence-electron chi connectivity index (χ3n) is 6.89. The molecule has 0 aliphatic carbocycles. The van der Waals surface area contributed by atoms with Crippen LogP contribution in [0.3, 0.4) is 0 Å². The van der Waals surface area contributed by atoms with Gasteiger partial charge in [0.1, 0.15) is 17.2 Å². The Hall–Kier alpha value is -4.74. The van der Waals surface area contributed by atoms with Crippen molar-refractivity contribution in [1.29, 1.82) is 0 Å². The van der Waals surface area contributed by atoms with Crippen molar-refractivity contribution >= 4 is 34.7 Å². The van der Waals surface area contributed by atoms with Gasteiger partial charge in [-0.2, -0.15) is 13.2 Å². The molecule has 0 radical (unpaired) electrons. The van der Waals surface area contributed by atoms with Gasteiger partial charge in [0.25, 0.3) is 11.8 Å². The van der Waals surface area contributed by atoms with Gasteiger partial charge in [-0.1, -0.05) is 12.1 Å². The van der Waals surface area contributed by atoms with Gasteiger partial charge in [-0.3, -0.25) is 9.59 Å². The van der Waals surface area contributed by atoms with E-state index in [0.717, 1.165) is 12.1 Å². The monoisotopic (exact) mass is 584 g/mol. The molecule has 1 aliphatic heterocycles. The zero-order valence-electron chi connectivity index (χ0n) is 22.1. The van der Waals surface area contributed by atoms with E-state index >= 15 is 0 Å². The third kappa shape index (κ3) is 6.59. The molecule has 2 amide bonds. The summed E-state index contributed by atoms with van der Waals surface area (Å²) in [5.41, 5.74) is 6.21. The largest absolute Gasteiger partial charge is 0.459 e. The van der Waals surface area contributed by atoms with Crippen LogP contribution in [0, 0.1) is 0 Å². The number of likely N-dealkylation sites (tertiary alicyclic amines) is 1. The highest BCUT2D eigenvalue weighted by atomic mass is 19.4. The predicted octanol–water partition coefficient (Wildman–Crippen LogP) is 6.30. The molecule has 5 rings (SSSR count). The minimum Gasteiger partial charge on any atom is -0.459 e. The maximum atomic E-state index is 13.7. The second kappa shape index (κ2) is 11.3. The first-order valence-electron chi connectivity index (χ1n) is 13.0. The molecule has 2 aromatic heterocycles. The zero-order valence-corrected chi connectivity index (χ0v) is 22.1. The lowest BCUT2D eigenvalue weighted by atomic mass is 9.98. The van der Waals surface area contributed by atoms with Gasteiger partial charge < -0.3 is 20.4 Å². The van der Waals surface area contributed by atoms with Crippen LogP contribution in [0.5, 0.6) is 0 Å². The number of nitrogens with zero attached hydrogens (tertiary/aromatic N) is 2. The first-order chi connectivity index (χ1) is 19.9. The molecular weight excluding hydrogens is 559 g/mol. The van der Waals surface area contributed by atoms with Crippen LogP contribution < -0.4 is 11.1 Å². The molecule has 42 heavy (non-hydrogen) atoms. The molecule has 3 N–H and O–H groups in total. The Bertz CT molecular complexity index is 1630. The number of carbonyl (C=O) groups excluding carboxylic acids is 2. The van der Waals surface area contributed by atoms with Gasteiger partial charge in [0.05, 0.1) is 12.1 Å². The number of fused-ring (bicyclic) bond motifs is 1. The Balaban J connectivity index is 1.36. The average molecular weight is 585 g/mol. The van der Waals surface area contributed by atoms with E-state index in [-0.39, 0.29) is 47.5 Å². The van der Waals surface area contributed by atoms with Crippen LogP contribution in [0.15, 0.2) is 71.3 Å². The summed E-state index contributed by atoms with van der Waals surface area (Å²) in [4.78, 5) is 30.3. The highest BCUT2D eigenvalue weighted by Crippen LogP contribution is 2.39. The minimum absolute atomic E-state index is 0.0814. The number of anilines is 1. The van der Waals surface area contributed by atoms with Gasteiger partial charge in [0, 0.05) is 54.7 Å². The van der Waals surface area contributed by atoms with Crippen LogP contribution in [0.25, 0.3) is 28.2 Å². The highest BCUT2D eigenvalue weighted by molar-refractivity contribution is 5.97. The fourth-order valence-electron chi connectivity index (χ4n) is 4.60. The van der Waals surface area contributed by atoms with Crippen molar-refractivity contribution in [1.82, 2.24) is 15.2 Å². The Labute approximate surface area is 236 Å². The molecule has 0 saturated carbocycles. The van der Waals surface area contributed by atoms with E-state index in [2.05, 4.69) is 10.3 Å². The molecule has 0 unspecified atom stereocenters. The predicted molar refractivity (Wildman–Crippen MR) is 146 cm³/mol. The number of hydrogen-bond donors (Lipinski definition) is 2. The molecule has 12 heteroatoms. The first kappa shape index (κ1) is 28.8. The van der Waals surface area contributed by atoms with E-state index in [9.17, 15) is 31.5 Å². The molecule has 7 nitrogen and oxygen atoms in total. The van der Waals surface area contributed by atoms with Crippen molar-refractivity contribution in [3.63, 3.8) is 0 Å². The quantitative estimate of drug-likeness (QED) is 0.205. The number of halogens is 5. The highest BCUT2D eigenvalue weighted by Gasteiger charge is 2.36. The zero-order chi connectivity index (χ0) is 30.1. The fraction of sp³-hybridized carbons (Fsp3) is 0.233. The van der Waals surface area contributed by atoms with Gasteiger partial charge >= 0.3 is 6.18 Å². The minimum atomic E-state index is -4.64. The summed E-state index contributed by atoms with van der Waals surface area (Å²) < 4.78 is 74.0. The number of rotatable bonds is 6. The average Bonchev–Trinajstić information content (AvgIpc) is 3.38. The van der Waals surface area contributed by atoms with Crippen molar-refractivity contribution < 1.29 is 36.0 Å². The maximum Gasteiger partial charge on any atom is 0.416 e. The van der Waals surface area contributed by atoms with E-state index in [1.54, 1.807) is 12.1 Å². The number of aromatic nitrogens is 1. The summed E-state index contributed by atoms with van der Waals surface area (Å²) in [5.74, 6) is -3.11. The summed E-state index contributed by atoms with van der Waals surface area (Å²) in [6.07, 6.45) is -1.17. The lowest BCUT2D eigenvalue weighted by molar-refractivity contribution is -0.137. The summed E-state index contributed by atoms with van der Waals surface area (Å²) in [6, 6.07) is 12.5. The lowest BCUT2D eigenvalue weighted by Crippen LogP contribution is -2.42. The number of piperidine rings is 1. The molecule has 0 spiro atoms. The summed E-state index contributed by atoms with van der Waals surface area (Å²) in [6.45, 7) is -0.245. The van der Waals surface area contributed by atoms with Crippen LogP contribution in [0.1, 0.15) is 40.1 Å². The number of alkyl halides is 5. The van der Waals surface area contributed by atoms with E-state index in [0.29, 0.717) is 16.9 Å². The Morgan fingerprint density at radius 2 is 1.76 bits per heavy atom. The Morgan fingerprint density at radius 1 is 1.05 bits per heavy atom. The number of furan rings is 1. The van der Waals surface area contributed by atoms with E-state index in [4.69, 9.17) is 10.2 Å². The first-order valence-corrected chi connectivity index (χ1v) is 13.0. The number of nitrogens with two attached hydrogens (primary N) is 1. The van der Waals surface area contributed by atoms with E-state index in [1.165, 1.54) is 53.6 Å². The molecule has 1 fully saturated rings. The normalized spacial score (nSPS) is 15.3. The summed E-state index contributed by atoms with van der Waals surface area (Å²) in [5, 5.41) is 2.81. The number of hydrogen-bond acceptors (Lipinski definition) is 5. The van der Waals surface area contributed by atoms with Gasteiger partial charge in [0.2, 0.25) is 5.91 Å².